The summed E-state index contributed by atoms with van der Waals surface area (Å²) in [6.45, 7) is 9.00. The number of aromatic nitrogens is 2. The molecule has 1 heterocycles. The van der Waals surface area contributed by atoms with Crippen molar-refractivity contribution in [2.24, 2.45) is 0 Å². The second-order valence-corrected chi connectivity index (χ2v) is 8.08. The van der Waals surface area contributed by atoms with Crippen molar-refractivity contribution in [3.63, 3.8) is 0 Å². The number of hydrogen-bond acceptors (Lipinski definition) is 2. The average Bonchev–Trinajstić information content (AvgIpc) is 2.99. The zero-order valence-electron chi connectivity index (χ0n) is 17.8. The molecule has 0 radical (unpaired) electrons. The second kappa shape index (κ2) is 8.28. The van der Waals surface area contributed by atoms with Crippen LogP contribution in [0, 0.1) is 27.7 Å². The normalized spacial score (nSPS) is 10.9. The zero-order chi connectivity index (χ0) is 21.3. The van der Waals surface area contributed by atoms with E-state index in [4.69, 9.17) is 17.3 Å². The van der Waals surface area contributed by atoms with Gasteiger partial charge in [-0.25, -0.2) is 0 Å². The summed E-state index contributed by atoms with van der Waals surface area (Å²) in [5, 5.41) is 14.5. The van der Waals surface area contributed by atoms with Gasteiger partial charge in [0, 0.05) is 5.69 Å². The SMILES string of the molecule is Cc1cccc(NC(=S)Nc2c(C)nn(Cc3cccc4ccccc34)c2C)c1C. The number of benzene rings is 3. The van der Waals surface area contributed by atoms with Gasteiger partial charge >= 0.3 is 0 Å². The van der Waals surface area contributed by atoms with Crippen LogP contribution in [-0.2, 0) is 6.54 Å². The largest absolute Gasteiger partial charge is 0.332 e. The van der Waals surface area contributed by atoms with Crippen LogP contribution in [0.1, 0.15) is 28.1 Å². The van der Waals surface area contributed by atoms with Crippen LogP contribution in [0.3, 0.4) is 0 Å². The monoisotopic (exact) mass is 414 g/mol. The van der Waals surface area contributed by atoms with Gasteiger partial charge < -0.3 is 10.6 Å². The van der Waals surface area contributed by atoms with E-state index in [0.717, 1.165) is 22.8 Å². The highest BCUT2D eigenvalue weighted by Gasteiger charge is 2.14. The minimum Gasteiger partial charge on any atom is -0.332 e. The first-order chi connectivity index (χ1) is 14.4. The Kier molecular flexibility index (Phi) is 5.55. The molecule has 0 saturated carbocycles. The van der Waals surface area contributed by atoms with Crippen LogP contribution in [0.4, 0.5) is 11.4 Å². The van der Waals surface area contributed by atoms with Crippen LogP contribution in [0.2, 0.25) is 0 Å². The van der Waals surface area contributed by atoms with Crippen LogP contribution in [0.15, 0.2) is 60.7 Å². The summed E-state index contributed by atoms with van der Waals surface area (Å²) in [4.78, 5) is 0. The van der Waals surface area contributed by atoms with Gasteiger partial charge in [0.05, 0.1) is 23.6 Å². The molecule has 0 amide bonds. The van der Waals surface area contributed by atoms with E-state index in [-0.39, 0.29) is 0 Å². The summed E-state index contributed by atoms with van der Waals surface area (Å²) in [6.07, 6.45) is 0. The molecule has 0 aliphatic carbocycles. The molecule has 0 saturated heterocycles. The first kappa shape index (κ1) is 20.1. The van der Waals surface area contributed by atoms with Gasteiger partial charge in [-0.1, -0.05) is 54.6 Å². The van der Waals surface area contributed by atoms with Crippen molar-refractivity contribution < 1.29 is 0 Å². The van der Waals surface area contributed by atoms with Gasteiger partial charge in [0.25, 0.3) is 0 Å². The lowest BCUT2D eigenvalue weighted by atomic mass is 10.0. The molecule has 0 bridgehead atoms. The number of rotatable bonds is 4. The molecule has 4 nitrogen and oxygen atoms in total. The molecule has 4 rings (SSSR count). The molecule has 0 atom stereocenters. The van der Waals surface area contributed by atoms with E-state index < -0.39 is 0 Å². The van der Waals surface area contributed by atoms with Crippen molar-refractivity contribution in [3.8, 4) is 0 Å². The Morgan fingerprint density at radius 2 is 1.63 bits per heavy atom. The summed E-state index contributed by atoms with van der Waals surface area (Å²) in [7, 11) is 0. The highest BCUT2D eigenvalue weighted by molar-refractivity contribution is 7.80. The Hall–Kier alpha value is -3.18. The second-order valence-electron chi connectivity index (χ2n) is 7.67. The van der Waals surface area contributed by atoms with Crippen LogP contribution in [0.25, 0.3) is 10.8 Å². The van der Waals surface area contributed by atoms with E-state index in [1.807, 2.05) is 23.7 Å². The topological polar surface area (TPSA) is 41.9 Å². The third kappa shape index (κ3) is 3.94. The Morgan fingerprint density at radius 1 is 0.900 bits per heavy atom. The number of fused-ring (bicyclic) bond motifs is 1. The average molecular weight is 415 g/mol. The van der Waals surface area contributed by atoms with Gasteiger partial charge in [-0.15, -0.1) is 0 Å². The first-order valence-corrected chi connectivity index (χ1v) is 10.5. The highest BCUT2D eigenvalue weighted by atomic mass is 32.1. The fraction of sp³-hybridized carbons (Fsp3) is 0.200. The molecule has 2 N–H and O–H groups in total. The standard InChI is InChI=1S/C25H26N4S/c1-16-9-7-14-23(17(16)2)26-25(30)27-24-18(3)28-29(19(24)4)15-21-12-8-11-20-10-5-6-13-22(20)21/h5-14H,15H2,1-4H3,(H2,26,27,30). The van der Waals surface area contributed by atoms with Crippen LogP contribution in [0.5, 0.6) is 0 Å². The molecule has 0 spiro atoms. The van der Waals surface area contributed by atoms with Crippen molar-refractivity contribution in [2.75, 3.05) is 10.6 Å². The number of hydrogen-bond donors (Lipinski definition) is 2. The molecular weight excluding hydrogens is 388 g/mol. The molecule has 3 aromatic carbocycles. The van der Waals surface area contributed by atoms with Crippen LogP contribution < -0.4 is 10.6 Å². The molecule has 0 fully saturated rings. The lowest BCUT2D eigenvalue weighted by molar-refractivity contribution is 0.662. The van der Waals surface area contributed by atoms with E-state index in [1.54, 1.807) is 0 Å². The quantitative estimate of drug-likeness (QED) is 0.394. The van der Waals surface area contributed by atoms with Crippen LogP contribution >= 0.6 is 12.2 Å². The Bertz CT molecular complexity index is 1230. The third-order valence-corrected chi connectivity index (χ3v) is 5.88. The van der Waals surface area contributed by atoms with E-state index in [0.29, 0.717) is 11.7 Å². The maximum absolute atomic E-state index is 5.58. The molecule has 5 heteroatoms. The van der Waals surface area contributed by atoms with E-state index in [9.17, 15) is 0 Å². The predicted molar refractivity (Wildman–Crippen MR) is 131 cm³/mol. The number of aryl methyl sites for hydroxylation is 2. The minimum absolute atomic E-state index is 0.569. The molecule has 0 aliphatic rings. The van der Waals surface area contributed by atoms with E-state index in [2.05, 4.69) is 79.9 Å². The molecule has 0 unspecified atom stereocenters. The van der Waals surface area contributed by atoms with Crippen molar-refractivity contribution in [1.82, 2.24) is 9.78 Å². The smallest absolute Gasteiger partial charge is 0.175 e. The van der Waals surface area contributed by atoms with Gasteiger partial charge in [-0.05, 0) is 73.4 Å². The fourth-order valence-corrected chi connectivity index (χ4v) is 3.99. The van der Waals surface area contributed by atoms with Crippen molar-refractivity contribution in [2.45, 2.75) is 34.2 Å². The van der Waals surface area contributed by atoms with Gasteiger partial charge in [-0.2, -0.15) is 5.10 Å². The Balaban J connectivity index is 1.56. The van der Waals surface area contributed by atoms with Gasteiger partial charge in [-0.3, -0.25) is 4.68 Å². The summed E-state index contributed by atoms with van der Waals surface area (Å²) in [5.74, 6) is 0. The lowest BCUT2D eigenvalue weighted by Gasteiger charge is -2.14. The zero-order valence-corrected chi connectivity index (χ0v) is 18.6. The summed E-state index contributed by atoms with van der Waals surface area (Å²) >= 11 is 5.58. The molecule has 30 heavy (non-hydrogen) atoms. The van der Waals surface area contributed by atoms with Gasteiger partial charge in [0.1, 0.15) is 0 Å². The van der Waals surface area contributed by atoms with Crippen LogP contribution in [-0.4, -0.2) is 14.9 Å². The molecule has 4 aromatic rings. The summed E-state index contributed by atoms with van der Waals surface area (Å²) in [5.41, 5.74) is 7.65. The maximum Gasteiger partial charge on any atom is 0.175 e. The molecule has 152 valence electrons. The molecular formula is C25H26N4S. The van der Waals surface area contributed by atoms with Gasteiger partial charge in [0.15, 0.2) is 5.11 Å². The lowest BCUT2D eigenvalue weighted by Crippen LogP contribution is -2.20. The first-order valence-electron chi connectivity index (χ1n) is 10.1. The van der Waals surface area contributed by atoms with Crippen molar-refractivity contribution >= 4 is 39.5 Å². The maximum atomic E-state index is 5.58. The summed E-state index contributed by atoms with van der Waals surface area (Å²) in [6, 6.07) is 21.0. The highest BCUT2D eigenvalue weighted by Crippen LogP contribution is 2.24. The van der Waals surface area contributed by atoms with Gasteiger partial charge in [0.2, 0.25) is 0 Å². The van der Waals surface area contributed by atoms with E-state index in [1.165, 1.54) is 27.5 Å². The van der Waals surface area contributed by atoms with Crippen molar-refractivity contribution in [1.29, 1.82) is 0 Å². The number of nitrogens with one attached hydrogen (secondary N) is 2. The molecule has 0 aliphatic heterocycles. The van der Waals surface area contributed by atoms with Crippen molar-refractivity contribution in [3.05, 3.63) is 88.7 Å². The number of nitrogens with zero attached hydrogens (tertiary/aromatic N) is 2. The Labute approximate surface area is 182 Å². The Morgan fingerprint density at radius 3 is 2.47 bits per heavy atom. The number of thiocarbonyl (C=S) groups is 1. The van der Waals surface area contributed by atoms with E-state index >= 15 is 0 Å². The number of anilines is 2. The predicted octanol–water partition coefficient (Wildman–Crippen LogP) is 6.13. The fourth-order valence-electron chi connectivity index (χ4n) is 3.78. The third-order valence-electron chi connectivity index (χ3n) is 5.67. The molecule has 1 aromatic heterocycles. The minimum atomic E-state index is 0.569. The summed E-state index contributed by atoms with van der Waals surface area (Å²) < 4.78 is 2.04.